The van der Waals surface area contributed by atoms with Crippen molar-refractivity contribution in [1.82, 2.24) is 10.6 Å². The number of thioether (sulfide) groups is 1. The Morgan fingerprint density at radius 1 is 1.39 bits per heavy atom. The van der Waals surface area contributed by atoms with Crippen molar-refractivity contribution in [2.24, 2.45) is 0 Å². The van der Waals surface area contributed by atoms with Gasteiger partial charge in [0.25, 0.3) is 0 Å². The van der Waals surface area contributed by atoms with Crippen LogP contribution in [0.1, 0.15) is 39.0 Å². The van der Waals surface area contributed by atoms with Crippen LogP contribution in [0.2, 0.25) is 0 Å². The van der Waals surface area contributed by atoms with Crippen LogP contribution in [0.3, 0.4) is 0 Å². The standard InChI is InChI=1S/C12H22N2O3S/c1-3-9(10(15)16)14-11(17)13-8-12(18-2)6-4-5-7-12/h9H,3-8H2,1-2H3,(H,15,16)(H2,13,14,17)/t9-/m0/s1. The number of rotatable bonds is 6. The van der Waals surface area contributed by atoms with E-state index in [9.17, 15) is 9.59 Å². The van der Waals surface area contributed by atoms with Gasteiger partial charge in [-0.05, 0) is 25.5 Å². The predicted molar refractivity (Wildman–Crippen MR) is 73.0 cm³/mol. The van der Waals surface area contributed by atoms with Gasteiger partial charge in [-0.25, -0.2) is 9.59 Å². The Hall–Kier alpha value is -0.910. The van der Waals surface area contributed by atoms with Crippen molar-refractivity contribution < 1.29 is 14.7 Å². The SMILES string of the molecule is CC[C@H](NC(=O)NCC1(SC)CCCC1)C(=O)O. The van der Waals surface area contributed by atoms with Gasteiger partial charge >= 0.3 is 12.0 Å². The first-order valence-electron chi connectivity index (χ1n) is 6.35. The summed E-state index contributed by atoms with van der Waals surface area (Å²) >= 11 is 1.79. The van der Waals surface area contributed by atoms with Gasteiger partial charge in [-0.3, -0.25) is 0 Å². The Labute approximate surface area is 112 Å². The number of urea groups is 1. The lowest BCUT2D eigenvalue weighted by Crippen LogP contribution is -2.49. The molecule has 1 aliphatic carbocycles. The smallest absolute Gasteiger partial charge is 0.326 e. The number of nitrogens with one attached hydrogen (secondary N) is 2. The Bertz CT molecular complexity index is 304. The van der Waals surface area contributed by atoms with Gasteiger partial charge in [0.1, 0.15) is 6.04 Å². The molecule has 0 aliphatic heterocycles. The number of carbonyl (C=O) groups excluding carboxylic acids is 1. The molecule has 5 nitrogen and oxygen atoms in total. The average molecular weight is 274 g/mol. The molecule has 0 aromatic carbocycles. The second-order valence-electron chi connectivity index (χ2n) is 4.72. The van der Waals surface area contributed by atoms with Gasteiger partial charge in [0.15, 0.2) is 0 Å². The molecule has 1 saturated carbocycles. The molecule has 0 bridgehead atoms. The minimum atomic E-state index is -0.993. The zero-order chi connectivity index (χ0) is 13.6. The largest absolute Gasteiger partial charge is 0.480 e. The normalized spacial score (nSPS) is 19.2. The van der Waals surface area contributed by atoms with Crippen molar-refractivity contribution in [1.29, 1.82) is 0 Å². The highest BCUT2D eigenvalue weighted by atomic mass is 32.2. The van der Waals surface area contributed by atoms with Crippen LogP contribution in [0, 0.1) is 0 Å². The van der Waals surface area contributed by atoms with Crippen molar-refractivity contribution in [2.45, 2.75) is 49.8 Å². The van der Waals surface area contributed by atoms with E-state index >= 15 is 0 Å². The van der Waals surface area contributed by atoms with E-state index in [4.69, 9.17) is 5.11 Å². The van der Waals surface area contributed by atoms with Gasteiger partial charge in [-0.15, -0.1) is 0 Å². The van der Waals surface area contributed by atoms with E-state index in [1.165, 1.54) is 12.8 Å². The minimum Gasteiger partial charge on any atom is -0.480 e. The van der Waals surface area contributed by atoms with E-state index in [1.54, 1.807) is 18.7 Å². The molecule has 0 radical (unpaired) electrons. The minimum absolute atomic E-state index is 0.141. The summed E-state index contributed by atoms with van der Waals surface area (Å²) in [7, 11) is 0. The summed E-state index contributed by atoms with van der Waals surface area (Å²) in [5, 5.41) is 14.1. The maximum absolute atomic E-state index is 11.6. The summed E-state index contributed by atoms with van der Waals surface area (Å²) < 4.78 is 0.141. The fourth-order valence-electron chi connectivity index (χ4n) is 2.26. The van der Waals surface area contributed by atoms with E-state index in [0.29, 0.717) is 13.0 Å². The van der Waals surface area contributed by atoms with Crippen LogP contribution in [0.25, 0.3) is 0 Å². The Morgan fingerprint density at radius 2 is 2.00 bits per heavy atom. The molecule has 18 heavy (non-hydrogen) atoms. The number of carboxylic acid groups (broad SMARTS) is 1. The topological polar surface area (TPSA) is 78.4 Å². The summed E-state index contributed by atoms with van der Waals surface area (Å²) in [6, 6.07) is -1.19. The summed E-state index contributed by atoms with van der Waals surface area (Å²) in [5.41, 5.74) is 0. The van der Waals surface area contributed by atoms with Crippen LogP contribution < -0.4 is 10.6 Å². The highest BCUT2D eigenvalue weighted by Gasteiger charge is 2.33. The fraction of sp³-hybridized carbons (Fsp3) is 0.833. The van der Waals surface area contributed by atoms with Gasteiger partial charge in [-0.1, -0.05) is 19.8 Å². The van der Waals surface area contributed by atoms with Crippen molar-refractivity contribution in [3.05, 3.63) is 0 Å². The lowest BCUT2D eigenvalue weighted by molar-refractivity contribution is -0.139. The van der Waals surface area contributed by atoms with Crippen LogP contribution in [0.5, 0.6) is 0 Å². The van der Waals surface area contributed by atoms with Gasteiger partial charge in [-0.2, -0.15) is 11.8 Å². The number of amides is 2. The predicted octanol–water partition coefficient (Wildman–Crippen LogP) is 1.82. The first-order valence-corrected chi connectivity index (χ1v) is 7.58. The van der Waals surface area contributed by atoms with Crippen LogP contribution in [0.15, 0.2) is 0 Å². The molecule has 0 saturated heterocycles. The average Bonchev–Trinajstić information content (AvgIpc) is 2.82. The van der Waals surface area contributed by atoms with Gasteiger partial charge in [0.05, 0.1) is 0 Å². The summed E-state index contributed by atoms with van der Waals surface area (Å²) in [5.74, 6) is -0.993. The molecule has 1 atom stereocenters. The van der Waals surface area contributed by atoms with Crippen molar-refractivity contribution >= 4 is 23.8 Å². The summed E-state index contributed by atoms with van der Waals surface area (Å²) in [4.78, 5) is 22.4. The van der Waals surface area contributed by atoms with E-state index in [-0.39, 0.29) is 10.8 Å². The molecule has 1 aliphatic rings. The van der Waals surface area contributed by atoms with Crippen LogP contribution in [-0.2, 0) is 4.79 Å². The van der Waals surface area contributed by atoms with Crippen LogP contribution in [0.4, 0.5) is 4.79 Å². The first kappa shape index (κ1) is 15.1. The third-order valence-corrected chi connectivity index (χ3v) is 4.95. The van der Waals surface area contributed by atoms with E-state index < -0.39 is 12.0 Å². The third kappa shape index (κ3) is 4.08. The highest BCUT2D eigenvalue weighted by molar-refractivity contribution is 8.00. The first-order chi connectivity index (χ1) is 8.53. The van der Waals surface area contributed by atoms with Gasteiger partial charge < -0.3 is 15.7 Å². The van der Waals surface area contributed by atoms with E-state index in [2.05, 4.69) is 16.9 Å². The molecule has 3 N–H and O–H groups in total. The quantitative estimate of drug-likeness (QED) is 0.690. The fourth-order valence-corrected chi connectivity index (χ4v) is 3.17. The maximum Gasteiger partial charge on any atom is 0.326 e. The Kier molecular flexibility index (Phi) is 5.78. The van der Waals surface area contributed by atoms with Crippen molar-refractivity contribution in [2.75, 3.05) is 12.8 Å². The number of aliphatic carboxylic acids is 1. The van der Waals surface area contributed by atoms with E-state index in [0.717, 1.165) is 12.8 Å². The van der Waals surface area contributed by atoms with Crippen LogP contribution >= 0.6 is 11.8 Å². The molecular formula is C12H22N2O3S. The second kappa shape index (κ2) is 6.87. The Balaban J connectivity index is 2.38. The number of carbonyl (C=O) groups is 2. The van der Waals surface area contributed by atoms with Gasteiger partial charge in [0.2, 0.25) is 0 Å². The molecule has 1 rings (SSSR count). The maximum atomic E-state index is 11.6. The van der Waals surface area contributed by atoms with Crippen molar-refractivity contribution in [3.8, 4) is 0 Å². The molecule has 1 fully saturated rings. The zero-order valence-corrected chi connectivity index (χ0v) is 11.8. The van der Waals surface area contributed by atoms with Crippen molar-refractivity contribution in [3.63, 3.8) is 0 Å². The zero-order valence-electron chi connectivity index (χ0n) is 11.0. The molecule has 0 aromatic heterocycles. The molecule has 0 aromatic rings. The molecular weight excluding hydrogens is 252 g/mol. The molecule has 0 unspecified atom stereocenters. The monoisotopic (exact) mass is 274 g/mol. The third-order valence-electron chi connectivity index (χ3n) is 3.53. The summed E-state index contributed by atoms with van der Waals surface area (Å²) in [6.07, 6.45) is 7.09. The number of carboxylic acids is 1. The Morgan fingerprint density at radius 3 is 2.44 bits per heavy atom. The highest BCUT2D eigenvalue weighted by Crippen LogP contribution is 2.39. The molecule has 0 heterocycles. The number of hydrogen-bond donors (Lipinski definition) is 3. The van der Waals surface area contributed by atoms with Gasteiger partial charge in [0, 0.05) is 11.3 Å². The molecule has 2 amide bonds. The van der Waals surface area contributed by atoms with Crippen LogP contribution in [-0.4, -0.2) is 40.7 Å². The number of hydrogen-bond acceptors (Lipinski definition) is 3. The second-order valence-corrected chi connectivity index (χ2v) is 5.99. The molecule has 104 valence electrons. The van der Waals surface area contributed by atoms with E-state index in [1.807, 2.05) is 0 Å². The lowest BCUT2D eigenvalue weighted by atomic mass is 10.1. The summed E-state index contributed by atoms with van der Waals surface area (Å²) in [6.45, 7) is 2.34. The molecule has 0 spiro atoms. The lowest BCUT2D eigenvalue weighted by Gasteiger charge is -2.27. The molecule has 6 heteroatoms.